The minimum atomic E-state index is -0.110. The molecule has 1 saturated carbocycles. The predicted molar refractivity (Wildman–Crippen MR) is 87.1 cm³/mol. The molecule has 1 aromatic carbocycles. The monoisotopic (exact) mass is 289 g/mol. The normalized spacial score (nSPS) is 17.2. The molecule has 0 heterocycles. The molecule has 116 valence electrons. The van der Waals surface area contributed by atoms with E-state index in [0.717, 1.165) is 17.7 Å². The summed E-state index contributed by atoms with van der Waals surface area (Å²) in [6.07, 6.45) is 7.39. The van der Waals surface area contributed by atoms with Crippen molar-refractivity contribution in [2.24, 2.45) is 11.7 Å². The van der Waals surface area contributed by atoms with Gasteiger partial charge in [-0.2, -0.15) is 0 Å². The molecular formula is C17H27N3O. The minimum absolute atomic E-state index is 0.110. The second-order valence-electron chi connectivity index (χ2n) is 5.92. The SMILES string of the molecule is CCC(NC(=O)Nc1cccc(CN)c1)C1CCCCC1. The van der Waals surface area contributed by atoms with Crippen molar-refractivity contribution in [1.82, 2.24) is 5.32 Å². The zero-order chi connectivity index (χ0) is 15.1. The van der Waals surface area contributed by atoms with Gasteiger partial charge in [0.15, 0.2) is 0 Å². The van der Waals surface area contributed by atoms with Crippen LogP contribution in [0.25, 0.3) is 0 Å². The van der Waals surface area contributed by atoms with Crippen LogP contribution in [0.4, 0.5) is 10.5 Å². The lowest BCUT2D eigenvalue weighted by molar-refractivity contribution is 0.229. The topological polar surface area (TPSA) is 67.2 Å². The van der Waals surface area contributed by atoms with E-state index in [4.69, 9.17) is 5.73 Å². The highest BCUT2D eigenvalue weighted by Gasteiger charge is 2.23. The third kappa shape index (κ3) is 4.74. The summed E-state index contributed by atoms with van der Waals surface area (Å²) >= 11 is 0. The number of carbonyl (C=O) groups is 1. The summed E-state index contributed by atoms with van der Waals surface area (Å²) in [6.45, 7) is 2.63. The third-order valence-corrected chi connectivity index (χ3v) is 4.40. The van der Waals surface area contributed by atoms with Crippen molar-refractivity contribution in [3.63, 3.8) is 0 Å². The number of anilines is 1. The maximum absolute atomic E-state index is 12.2. The molecule has 1 unspecified atom stereocenters. The Hall–Kier alpha value is -1.55. The number of carbonyl (C=O) groups excluding carboxylic acids is 1. The molecule has 0 spiro atoms. The molecule has 4 heteroatoms. The molecule has 1 fully saturated rings. The Bertz CT molecular complexity index is 455. The van der Waals surface area contributed by atoms with Gasteiger partial charge in [0.2, 0.25) is 0 Å². The molecule has 1 atom stereocenters. The van der Waals surface area contributed by atoms with Crippen LogP contribution in [0.3, 0.4) is 0 Å². The maximum Gasteiger partial charge on any atom is 0.319 e. The van der Waals surface area contributed by atoms with Crippen molar-refractivity contribution >= 4 is 11.7 Å². The highest BCUT2D eigenvalue weighted by atomic mass is 16.2. The zero-order valence-electron chi connectivity index (χ0n) is 12.9. The van der Waals surface area contributed by atoms with E-state index in [-0.39, 0.29) is 12.1 Å². The van der Waals surface area contributed by atoms with Gasteiger partial charge < -0.3 is 16.4 Å². The van der Waals surface area contributed by atoms with Gasteiger partial charge in [0.25, 0.3) is 0 Å². The summed E-state index contributed by atoms with van der Waals surface area (Å²) in [5.74, 6) is 0.630. The van der Waals surface area contributed by atoms with E-state index in [1.165, 1.54) is 32.1 Å². The van der Waals surface area contributed by atoms with Crippen molar-refractivity contribution in [3.05, 3.63) is 29.8 Å². The second-order valence-corrected chi connectivity index (χ2v) is 5.92. The molecule has 4 nitrogen and oxygen atoms in total. The van der Waals surface area contributed by atoms with Crippen LogP contribution >= 0.6 is 0 Å². The van der Waals surface area contributed by atoms with Crippen molar-refractivity contribution in [2.75, 3.05) is 5.32 Å². The second kappa shape index (κ2) is 8.03. The molecule has 0 aromatic heterocycles. The zero-order valence-corrected chi connectivity index (χ0v) is 12.9. The van der Waals surface area contributed by atoms with Gasteiger partial charge >= 0.3 is 6.03 Å². The van der Waals surface area contributed by atoms with Crippen LogP contribution in [0.1, 0.15) is 51.0 Å². The molecule has 4 N–H and O–H groups in total. The van der Waals surface area contributed by atoms with Crippen LogP contribution in [-0.2, 0) is 6.54 Å². The summed E-state index contributed by atoms with van der Waals surface area (Å²) in [6, 6.07) is 7.85. The van der Waals surface area contributed by atoms with E-state index in [9.17, 15) is 4.79 Å². The standard InChI is InChI=1S/C17H27N3O/c1-2-16(14-8-4-3-5-9-14)20-17(21)19-15-10-6-7-13(11-15)12-18/h6-7,10-11,14,16H,2-5,8-9,12,18H2,1H3,(H2,19,20,21). The number of nitrogens with one attached hydrogen (secondary N) is 2. The first-order valence-electron chi connectivity index (χ1n) is 8.09. The number of hydrogen-bond donors (Lipinski definition) is 3. The molecule has 1 aromatic rings. The molecule has 21 heavy (non-hydrogen) atoms. The summed E-state index contributed by atoms with van der Waals surface area (Å²) in [7, 11) is 0. The van der Waals surface area contributed by atoms with Gasteiger partial charge in [0.05, 0.1) is 0 Å². The fourth-order valence-electron chi connectivity index (χ4n) is 3.20. The average molecular weight is 289 g/mol. The van der Waals surface area contributed by atoms with Crippen molar-refractivity contribution in [1.29, 1.82) is 0 Å². The largest absolute Gasteiger partial charge is 0.335 e. The number of urea groups is 1. The van der Waals surface area contributed by atoms with E-state index in [0.29, 0.717) is 12.5 Å². The molecule has 0 saturated heterocycles. The van der Waals surface area contributed by atoms with Crippen LogP contribution in [0.5, 0.6) is 0 Å². The average Bonchev–Trinajstić information content (AvgIpc) is 2.53. The fourth-order valence-corrected chi connectivity index (χ4v) is 3.20. The van der Waals surface area contributed by atoms with E-state index in [2.05, 4.69) is 17.6 Å². The lowest BCUT2D eigenvalue weighted by Crippen LogP contribution is -2.42. The summed E-state index contributed by atoms with van der Waals surface area (Å²) < 4.78 is 0. The van der Waals surface area contributed by atoms with Gasteiger partial charge in [-0.25, -0.2) is 4.79 Å². The summed E-state index contributed by atoms with van der Waals surface area (Å²) in [4.78, 5) is 12.2. The van der Waals surface area contributed by atoms with Gasteiger partial charge in [-0.15, -0.1) is 0 Å². The molecule has 1 aliphatic rings. The van der Waals surface area contributed by atoms with Crippen LogP contribution < -0.4 is 16.4 Å². The molecule has 0 bridgehead atoms. The molecule has 0 radical (unpaired) electrons. The van der Waals surface area contributed by atoms with Gasteiger partial charge in [-0.1, -0.05) is 38.3 Å². The van der Waals surface area contributed by atoms with E-state index < -0.39 is 0 Å². The third-order valence-electron chi connectivity index (χ3n) is 4.40. The first-order chi connectivity index (χ1) is 10.2. The smallest absolute Gasteiger partial charge is 0.319 e. The Balaban J connectivity index is 1.89. The van der Waals surface area contributed by atoms with Gasteiger partial charge in [-0.3, -0.25) is 0 Å². The Kier molecular flexibility index (Phi) is 6.05. The Labute approximate surface area is 127 Å². The number of rotatable bonds is 5. The van der Waals surface area contributed by atoms with Crippen LogP contribution in [-0.4, -0.2) is 12.1 Å². The Morgan fingerprint density at radius 1 is 1.33 bits per heavy atom. The Morgan fingerprint density at radius 3 is 2.76 bits per heavy atom. The fraction of sp³-hybridized carbons (Fsp3) is 0.588. The molecule has 2 amide bonds. The molecule has 1 aliphatic carbocycles. The highest BCUT2D eigenvalue weighted by molar-refractivity contribution is 5.89. The maximum atomic E-state index is 12.2. The van der Waals surface area contributed by atoms with Gasteiger partial charge in [0, 0.05) is 18.3 Å². The van der Waals surface area contributed by atoms with Crippen molar-refractivity contribution < 1.29 is 4.79 Å². The summed E-state index contributed by atoms with van der Waals surface area (Å²) in [5, 5.41) is 6.06. The molecular weight excluding hydrogens is 262 g/mol. The van der Waals surface area contributed by atoms with Crippen LogP contribution in [0, 0.1) is 5.92 Å². The van der Waals surface area contributed by atoms with Gasteiger partial charge in [0.1, 0.15) is 0 Å². The van der Waals surface area contributed by atoms with Gasteiger partial charge in [-0.05, 0) is 42.9 Å². The first-order valence-corrected chi connectivity index (χ1v) is 8.09. The van der Waals surface area contributed by atoms with E-state index >= 15 is 0 Å². The predicted octanol–water partition coefficient (Wildman–Crippen LogP) is 3.63. The minimum Gasteiger partial charge on any atom is -0.335 e. The number of amides is 2. The van der Waals surface area contributed by atoms with E-state index in [1.54, 1.807) is 0 Å². The quantitative estimate of drug-likeness (QED) is 0.775. The molecule has 0 aliphatic heterocycles. The summed E-state index contributed by atoms with van der Waals surface area (Å²) in [5.41, 5.74) is 7.44. The molecule has 2 rings (SSSR count). The van der Waals surface area contributed by atoms with Crippen LogP contribution in [0.2, 0.25) is 0 Å². The number of benzene rings is 1. The van der Waals surface area contributed by atoms with Crippen molar-refractivity contribution in [3.8, 4) is 0 Å². The number of nitrogens with two attached hydrogens (primary N) is 1. The highest BCUT2D eigenvalue weighted by Crippen LogP contribution is 2.27. The Morgan fingerprint density at radius 2 is 2.10 bits per heavy atom. The van der Waals surface area contributed by atoms with Crippen LogP contribution in [0.15, 0.2) is 24.3 Å². The lowest BCUT2D eigenvalue weighted by atomic mass is 9.83. The first kappa shape index (κ1) is 15.8. The van der Waals surface area contributed by atoms with Crippen molar-refractivity contribution in [2.45, 2.75) is 58.0 Å². The number of hydrogen-bond acceptors (Lipinski definition) is 2. The lowest BCUT2D eigenvalue weighted by Gasteiger charge is -2.30. The van der Waals surface area contributed by atoms with E-state index in [1.807, 2.05) is 24.3 Å².